The van der Waals surface area contributed by atoms with Gasteiger partial charge >= 0.3 is 6.18 Å². The molecule has 0 atom stereocenters. The molecule has 0 unspecified atom stereocenters. The van der Waals surface area contributed by atoms with Crippen molar-refractivity contribution in [2.24, 2.45) is 0 Å². The van der Waals surface area contributed by atoms with Gasteiger partial charge in [-0.3, -0.25) is 9.89 Å². The minimum Gasteiger partial charge on any atom is -0.284 e. The Morgan fingerprint density at radius 3 is 2.33 bits per heavy atom. The van der Waals surface area contributed by atoms with Gasteiger partial charge in [0, 0.05) is 5.56 Å². The van der Waals surface area contributed by atoms with E-state index in [4.69, 9.17) is 0 Å². The normalized spacial score (nSPS) is 11.6. The van der Waals surface area contributed by atoms with E-state index in [0.29, 0.717) is 0 Å². The highest BCUT2D eigenvalue weighted by atomic mass is 19.4. The largest absolute Gasteiger partial charge is 0.455 e. The van der Waals surface area contributed by atoms with Gasteiger partial charge in [0.25, 0.3) is 5.78 Å². The van der Waals surface area contributed by atoms with E-state index in [1.807, 2.05) is 0 Å². The first-order valence-corrected chi connectivity index (χ1v) is 4.80. The fourth-order valence-corrected chi connectivity index (χ4v) is 1.45. The predicted molar refractivity (Wildman–Crippen MR) is 54.4 cm³/mol. The third-order valence-corrected chi connectivity index (χ3v) is 2.27. The number of Topliss-reactive ketones (excluding diaryl/α,β-unsaturated/α-hetero) is 1. The summed E-state index contributed by atoms with van der Waals surface area (Å²) in [7, 11) is 0. The van der Waals surface area contributed by atoms with Crippen LogP contribution in [0.4, 0.5) is 17.6 Å². The maximum Gasteiger partial charge on any atom is 0.455 e. The molecular weight excluding hydrogens is 252 g/mol. The fourth-order valence-electron chi connectivity index (χ4n) is 1.45. The van der Waals surface area contributed by atoms with E-state index < -0.39 is 23.3 Å². The molecule has 1 N–H and O–H groups in total. The van der Waals surface area contributed by atoms with Crippen molar-refractivity contribution in [3.05, 3.63) is 41.8 Å². The number of hydrogen-bond acceptors (Lipinski definition) is 2. The van der Waals surface area contributed by atoms with Crippen molar-refractivity contribution in [1.82, 2.24) is 10.2 Å². The number of carbonyl (C=O) groups is 1. The standard InChI is InChI=1S/C11H6F4N2O/c12-7-3-1-6(2-4-7)9-8(5-16-17-9)10(18)11(13,14)15/h1-5H,(H,16,17). The smallest absolute Gasteiger partial charge is 0.284 e. The lowest BCUT2D eigenvalue weighted by molar-refractivity contribution is -0.0884. The first kappa shape index (κ1) is 12.3. The first-order chi connectivity index (χ1) is 8.39. The van der Waals surface area contributed by atoms with Crippen molar-refractivity contribution in [3.8, 4) is 11.3 Å². The highest BCUT2D eigenvalue weighted by Crippen LogP contribution is 2.28. The van der Waals surface area contributed by atoms with Gasteiger partial charge in [0.05, 0.1) is 17.5 Å². The zero-order valence-electron chi connectivity index (χ0n) is 8.75. The van der Waals surface area contributed by atoms with Gasteiger partial charge in [-0.2, -0.15) is 18.3 Å². The number of alkyl halides is 3. The van der Waals surface area contributed by atoms with Crippen LogP contribution in [0.1, 0.15) is 10.4 Å². The number of halogens is 4. The third kappa shape index (κ3) is 2.24. The molecule has 0 saturated carbocycles. The van der Waals surface area contributed by atoms with Gasteiger partial charge in [-0.15, -0.1) is 0 Å². The molecule has 2 rings (SSSR count). The molecule has 0 amide bonds. The average molecular weight is 258 g/mol. The zero-order valence-corrected chi connectivity index (χ0v) is 8.75. The van der Waals surface area contributed by atoms with Crippen molar-refractivity contribution < 1.29 is 22.4 Å². The molecule has 1 aromatic carbocycles. The van der Waals surface area contributed by atoms with E-state index >= 15 is 0 Å². The number of aromatic amines is 1. The number of carbonyl (C=O) groups excluding carboxylic acids is 1. The molecule has 0 radical (unpaired) electrons. The maximum atomic E-state index is 12.7. The number of benzene rings is 1. The minimum atomic E-state index is -4.97. The van der Waals surface area contributed by atoms with Crippen molar-refractivity contribution in [1.29, 1.82) is 0 Å². The minimum absolute atomic E-state index is 0.0858. The molecular formula is C11H6F4N2O. The Morgan fingerprint density at radius 2 is 1.78 bits per heavy atom. The van der Waals surface area contributed by atoms with E-state index in [-0.39, 0.29) is 11.3 Å². The molecule has 0 aliphatic carbocycles. The lowest BCUT2D eigenvalue weighted by Crippen LogP contribution is -2.22. The van der Waals surface area contributed by atoms with E-state index in [9.17, 15) is 22.4 Å². The summed E-state index contributed by atoms with van der Waals surface area (Å²) in [6.07, 6.45) is -4.17. The summed E-state index contributed by atoms with van der Waals surface area (Å²) in [5, 5.41) is 5.72. The van der Waals surface area contributed by atoms with Crippen molar-refractivity contribution in [2.45, 2.75) is 6.18 Å². The maximum absolute atomic E-state index is 12.7. The molecule has 0 fully saturated rings. The van der Waals surface area contributed by atoms with Gasteiger partial charge in [-0.25, -0.2) is 4.39 Å². The van der Waals surface area contributed by atoms with Crippen molar-refractivity contribution >= 4 is 5.78 Å². The van der Waals surface area contributed by atoms with Gasteiger partial charge in [-0.05, 0) is 24.3 Å². The number of hydrogen-bond donors (Lipinski definition) is 1. The van der Waals surface area contributed by atoms with Crippen LogP contribution < -0.4 is 0 Å². The molecule has 0 spiro atoms. The van der Waals surface area contributed by atoms with Gasteiger partial charge in [0.2, 0.25) is 0 Å². The highest BCUT2D eigenvalue weighted by Gasteiger charge is 2.41. The Bertz CT molecular complexity index is 571. The molecule has 2 aromatic rings. The van der Waals surface area contributed by atoms with E-state index in [0.717, 1.165) is 18.3 Å². The lowest BCUT2D eigenvalue weighted by Gasteiger charge is -2.05. The highest BCUT2D eigenvalue weighted by molar-refractivity contribution is 6.04. The molecule has 0 aliphatic heterocycles. The Kier molecular flexibility index (Phi) is 2.90. The van der Waals surface area contributed by atoms with E-state index in [2.05, 4.69) is 10.2 Å². The number of nitrogens with zero attached hydrogens (tertiary/aromatic N) is 1. The van der Waals surface area contributed by atoms with Gasteiger partial charge in [0.1, 0.15) is 5.82 Å². The molecule has 3 nitrogen and oxygen atoms in total. The van der Waals surface area contributed by atoms with Crippen LogP contribution in [0, 0.1) is 5.82 Å². The Hall–Kier alpha value is -2.18. The number of H-pyrrole nitrogens is 1. The first-order valence-electron chi connectivity index (χ1n) is 4.80. The van der Waals surface area contributed by atoms with Crippen LogP contribution in [-0.2, 0) is 0 Å². The summed E-state index contributed by atoms with van der Waals surface area (Å²) in [4.78, 5) is 11.1. The lowest BCUT2D eigenvalue weighted by atomic mass is 10.1. The van der Waals surface area contributed by atoms with E-state index in [1.165, 1.54) is 12.1 Å². The van der Waals surface area contributed by atoms with Gasteiger partial charge in [-0.1, -0.05) is 0 Å². The molecule has 0 bridgehead atoms. The Labute approximate surface area is 98.4 Å². The molecule has 1 heterocycles. The second-order valence-corrected chi connectivity index (χ2v) is 3.49. The number of aromatic nitrogens is 2. The van der Waals surface area contributed by atoms with Crippen LogP contribution in [0.5, 0.6) is 0 Å². The number of nitrogens with one attached hydrogen (secondary N) is 1. The summed E-state index contributed by atoms with van der Waals surface area (Å²) in [5.41, 5.74) is -0.423. The molecule has 94 valence electrons. The summed E-state index contributed by atoms with van der Waals surface area (Å²) >= 11 is 0. The molecule has 18 heavy (non-hydrogen) atoms. The average Bonchev–Trinajstić information content (AvgIpc) is 2.76. The van der Waals surface area contributed by atoms with E-state index in [1.54, 1.807) is 0 Å². The number of rotatable bonds is 2. The quantitative estimate of drug-likeness (QED) is 0.664. The molecule has 1 aromatic heterocycles. The van der Waals surface area contributed by atoms with Crippen molar-refractivity contribution in [3.63, 3.8) is 0 Å². The summed E-state index contributed by atoms with van der Waals surface area (Å²) in [6.45, 7) is 0. The third-order valence-electron chi connectivity index (χ3n) is 2.27. The predicted octanol–water partition coefficient (Wildman–Crippen LogP) is 2.96. The second kappa shape index (κ2) is 4.25. The Balaban J connectivity index is 2.45. The van der Waals surface area contributed by atoms with Crippen LogP contribution in [0.15, 0.2) is 30.5 Å². The number of ketones is 1. The fraction of sp³-hybridized carbons (Fsp3) is 0.0909. The zero-order chi connectivity index (χ0) is 13.3. The van der Waals surface area contributed by atoms with Crippen LogP contribution in [0.3, 0.4) is 0 Å². The molecule has 0 aliphatic rings. The van der Waals surface area contributed by atoms with Crippen LogP contribution in [0.2, 0.25) is 0 Å². The van der Waals surface area contributed by atoms with Crippen LogP contribution in [-0.4, -0.2) is 22.2 Å². The summed E-state index contributed by atoms with van der Waals surface area (Å²) in [5.74, 6) is -2.52. The monoisotopic (exact) mass is 258 g/mol. The summed E-state index contributed by atoms with van der Waals surface area (Å²) < 4.78 is 49.7. The summed E-state index contributed by atoms with van der Waals surface area (Å²) in [6, 6.07) is 4.68. The molecule has 0 saturated heterocycles. The van der Waals surface area contributed by atoms with Gasteiger partial charge < -0.3 is 0 Å². The SMILES string of the molecule is O=C(c1cn[nH]c1-c1ccc(F)cc1)C(F)(F)F. The van der Waals surface area contributed by atoms with Crippen LogP contribution in [0.25, 0.3) is 11.3 Å². The van der Waals surface area contributed by atoms with Crippen molar-refractivity contribution in [2.75, 3.05) is 0 Å². The van der Waals surface area contributed by atoms with Gasteiger partial charge in [0.15, 0.2) is 0 Å². The topological polar surface area (TPSA) is 45.8 Å². The molecule has 7 heteroatoms. The van der Waals surface area contributed by atoms with Crippen LogP contribution >= 0.6 is 0 Å². The second-order valence-electron chi connectivity index (χ2n) is 3.49. The Morgan fingerprint density at radius 1 is 1.17 bits per heavy atom.